The fourth-order valence-electron chi connectivity index (χ4n) is 4.22. The summed E-state index contributed by atoms with van der Waals surface area (Å²) in [7, 11) is 0. The fourth-order valence-corrected chi connectivity index (χ4v) is 4.22. The molecule has 3 rings (SSSR count). The monoisotopic (exact) mass is 356 g/mol. The lowest BCUT2D eigenvalue weighted by Gasteiger charge is -2.35. The Morgan fingerprint density at radius 2 is 1.62 bits per heavy atom. The molecule has 1 N–H and O–H groups in total. The average Bonchev–Trinajstić information content (AvgIpc) is 2.67. The van der Waals surface area contributed by atoms with Gasteiger partial charge in [0.2, 0.25) is 11.8 Å². The lowest BCUT2D eigenvalue weighted by molar-refractivity contribution is -0.139. The Labute approximate surface area is 157 Å². The summed E-state index contributed by atoms with van der Waals surface area (Å²) in [6.45, 7) is 6.76. The minimum absolute atomic E-state index is 0.0597. The highest BCUT2D eigenvalue weighted by Gasteiger charge is 2.33. The summed E-state index contributed by atoms with van der Waals surface area (Å²) >= 11 is 0. The number of piperidine rings is 1. The highest BCUT2D eigenvalue weighted by atomic mass is 16.2. The van der Waals surface area contributed by atoms with Crippen LogP contribution < -0.4 is 5.32 Å². The summed E-state index contributed by atoms with van der Waals surface area (Å²) in [5.74, 6) is 1.40. The van der Waals surface area contributed by atoms with Crippen LogP contribution in [-0.2, 0) is 16.1 Å². The van der Waals surface area contributed by atoms with E-state index in [-0.39, 0.29) is 17.7 Å². The van der Waals surface area contributed by atoms with Gasteiger partial charge in [0.05, 0.1) is 0 Å². The average molecular weight is 357 g/mol. The summed E-state index contributed by atoms with van der Waals surface area (Å²) in [5, 5.41) is 3.09. The van der Waals surface area contributed by atoms with Crippen LogP contribution in [0.4, 0.5) is 0 Å². The van der Waals surface area contributed by atoms with Crippen LogP contribution in [0.1, 0.15) is 56.6 Å². The van der Waals surface area contributed by atoms with Crippen LogP contribution in [0.2, 0.25) is 0 Å². The van der Waals surface area contributed by atoms with Gasteiger partial charge in [0.15, 0.2) is 0 Å². The van der Waals surface area contributed by atoms with Crippen molar-refractivity contribution < 1.29 is 9.59 Å². The van der Waals surface area contributed by atoms with E-state index in [0.29, 0.717) is 12.5 Å². The Morgan fingerprint density at radius 3 is 2.27 bits per heavy atom. The number of benzene rings is 1. The topological polar surface area (TPSA) is 49.4 Å². The van der Waals surface area contributed by atoms with Crippen LogP contribution in [0.5, 0.6) is 0 Å². The Hall–Kier alpha value is -1.84. The SMILES string of the molecule is Cc1ccccc1CNC(=O)C1CCC(C(=O)N2CCC(C)CC2)CC1. The van der Waals surface area contributed by atoms with Crippen molar-refractivity contribution in [3.8, 4) is 0 Å². The number of hydrogen-bond acceptors (Lipinski definition) is 2. The van der Waals surface area contributed by atoms with Crippen molar-refractivity contribution in [3.63, 3.8) is 0 Å². The maximum atomic E-state index is 12.7. The second-order valence-electron chi connectivity index (χ2n) is 8.20. The number of aryl methyl sites for hydroxylation is 1. The molecule has 0 spiro atoms. The highest BCUT2D eigenvalue weighted by Crippen LogP contribution is 2.31. The van der Waals surface area contributed by atoms with E-state index in [0.717, 1.165) is 57.5 Å². The molecule has 1 aliphatic carbocycles. The lowest BCUT2D eigenvalue weighted by atomic mass is 9.80. The van der Waals surface area contributed by atoms with Gasteiger partial charge in [-0.2, -0.15) is 0 Å². The number of nitrogens with one attached hydrogen (secondary N) is 1. The van der Waals surface area contributed by atoms with Gasteiger partial charge in [-0.15, -0.1) is 0 Å². The van der Waals surface area contributed by atoms with E-state index in [2.05, 4.69) is 36.2 Å². The van der Waals surface area contributed by atoms with Crippen molar-refractivity contribution in [1.82, 2.24) is 10.2 Å². The summed E-state index contributed by atoms with van der Waals surface area (Å²) < 4.78 is 0. The van der Waals surface area contributed by atoms with Crippen molar-refractivity contribution in [2.45, 2.75) is 58.9 Å². The maximum absolute atomic E-state index is 12.7. The molecule has 1 saturated carbocycles. The fraction of sp³-hybridized carbons (Fsp3) is 0.636. The molecule has 4 nitrogen and oxygen atoms in total. The molecule has 1 heterocycles. The van der Waals surface area contributed by atoms with Gasteiger partial charge < -0.3 is 10.2 Å². The van der Waals surface area contributed by atoms with Crippen LogP contribution in [0.3, 0.4) is 0 Å². The van der Waals surface area contributed by atoms with E-state index >= 15 is 0 Å². The van der Waals surface area contributed by atoms with Gasteiger partial charge in [0.1, 0.15) is 0 Å². The van der Waals surface area contributed by atoms with E-state index < -0.39 is 0 Å². The second kappa shape index (κ2) is 8.70. The van der Waals surface area contributed by atoms with Gasteiger partial charge in [-0.25, -0.2) is 0 Å². The van der Waals surface area contributed by atoms with Gasteiger partial charge in [-0.3, -0.25) is 9.59 Å². The van der Waals surface area contributed by atoms with Crippen LogP contribution in [0.25, 0.3) is 0 Å². The highest BCUT2D eigenvalue weighted by molar-refractivity contribution is 5.81. The minimum Gasteiger partial charge on any atom is -0.352 e. The standard InChI is InChI=1S/C22H32N2O2/c1-16-11-13-24(14-12-16)22(26)19-9-7-18(8-10-19)21(25)23-15-20-6-4-3-5-17(20)2/h3-6,16,18-19H,7-15H2,1-2H3,(H,23,25). The molecule has 0 atom stereocenters. The molecule has 26 heavy (non-hydrogen) atoms. The zero-order valence-electron chi connectivity index (χ0n) is 16.2. The van der Waals surface area contributed by atoms with Gasteiger partial charge in [-0.05, 0) is 62.5 Å². The Kier molecular flexibility index (Phi) is 6.33. The van der Waals surface area contributed by atoms with E-state index in [1.807, 2.05) is 12.1 Å². The van der Waals surface area contributed by atoms with E-state index in [1.54, 1.807) is 0 Å². The van der Waals surface area contributed by atoms with Crippen molar-refractivity contribution in [3.05, 3.63) is 35.4 Å². The van der Waals surface area contributed by atoms with Crippen molar-refractivity contribution in [2.75, 3.05) is 13.1 Å². The van der Waals surface area contributed by atoms with Crippen LogP contribution in [-0.4, -0.2) is 29.8 Å². The number of nitrogens with zero attached hydrogens (tertiary/aromatic N) is 1. The smallest absolute Gasteiger partial charge is 0.225 e. The van der Waals surface area contributed by atoms with E-state index in [1.165, 1.54) is 11.1 Å². The second-order valence-corrected chi connectivity index (χ2v) is 8.20. The minimum atomic E-state index is 0.0597. The molecule has 2 aliphatic rings. The molecule has 0 radical (unpaired) electrons. The number of rotatable bonds is 4. The number of amides is 2. The number of carbonyl (C=O) groups excluding carboxylic acids is 2. The summed E-state index contributed by atoms with van der Waals surface area (Å²) in [6.07, 6.45) is 5.63. The Bertz CT molecular complexity index is 627. The normalized spacial score (nSPS) is 24.3. The first kappa shape index (κ1) is 18.9. The molecule has 2 fully saturated rings. The third-order valence-electron chi connectivity index (χ3n) is 6.26. The van der Waals surface area contributed by atoms with Crippen LogP contribution >= 0.6 is 0 Å². The lowest BCUT2D eigenvalue weighted by Crippen LogP contribution is -2.43. The van der Waals surface area contributed by atoms with Gasteiger partial charge >= 0.3 is 0 Å². The molecule has 1 aliphatic heterocycles. The molecule has 0 unspecified atom stereocenters. The molecule has 2 amide bonds. The largest absolute Gasteiger partial charge is 0.352 e. The molecule has 0 bridgehead atoms. The first-order chi connectivity index (χ1) is 12.5. The third kappa shape index (κ3) is 4.66. The molecule has 1 saturated heterocycles. The van der Waals surface area contributed by atoms with Crippen LogP contribution in [0, 0.1) is 24.7 Å². The predicted octanol–water partition coefficient (Wildman–Crippen LogP) is 3.68. The number of likely N-dealkylation sites (tertiary alicyclic amines) is 1. The van der Waals surface area contributed by atoms with E-state index in [9.17, 15) is 9.59 Å². The van der Waals surface area contributed by atoms with E-state index in [4.69, 9.17) is 0 Å². The quantitative estimate of drug-likeness (QED) is 0.895. The number of hydrogen-bond donors (Lipinski definition) is 1. The zero-order valence-corrected chi connectivity index (χ0v) is 16.2. The molecule has 0 aromatic heterocycles. The number of carbonyl (C=O) groups is 2. The molecular weight excluding hydrogens is 324 g/mol. The summed E-state index contributed by atoms with van der Waals surface area (Å²) in [6, 6.07) is 8.15. The van der Waals surface area contributed by atoms with Crippen molar-refractivity contribution >= 4 is 11.8 Å². The molecular formula is C22H32N2O2. The first-order valence-corrected chi connectivity index (χ1v) is 10.2. The molecule has 4 heteroatoms. The predicted molar refractivity (Wildman–Crippen MR) is 103 cm³/mol. The van der Waals surface area contributed by atoms with Gasteiger partial charge in [0.25, 0.3) is 0 Å². The summed E-state index contributed by atoms with van der Waals surface area (Å²) in [5.41, 5.74) is 2.38. The Morgan fingerprint density at radius 1 is 1.00 bits per heavy atom. The maximum Gasteiger partial charge on any atom is 0.225 e. The van der Waals surface area contributed by atoms with Crippen LogP contribution in [0.15, 0.2) is 24.3 Å². The summed E-state index contributed by atoms with van der Waals surface area (Å²) in [4.78, 5) is 27.3. The van der Waals surface area contributed by atoms with Crippen molar-refractivity contribution in [1.29, 1.82) is 0 Å². The molecule has 142 valence electrons. The van der Waals surface area contributed by atoms with Gasteiger partial charge in [0, 0.05) is 31.5 Å². The molecule has 1 aromatic rings. The van der Waals surface area contributed by atoms with Crippen molar-refractivity contribution in [2.24, 2.45) is 17.8 Å². The third-order valence-corrected chi connectivity index (χ3v) is 6.26. The first-order valence-electron chi connectivity index (χ1n) is 10.2. The van der Waals surface area contributed by atoms with Gasteiger partial charge in [-0.1, -0.05) is 31.2 Å². The Balaban J connectivity index is 1.43. The molecule has 1 aromatic carbocycles. The zero-order chi connectivity index (χ0) is 18.5.